The van der Waals surface area contributed by atoms with Gasteiger partial charge in [0.05, 0.1) is 6.54 Å². The minimum atomic E-state index is 0.381. The van der Waals surface area contributed by atoms with E-state index in [4.69, 9.17) is 17.3 Å². The summed E-state index contributed by atoms with van der Waals surface area (Å²) in [5.41, 5.74) is 9.32. The van der Waals surface area contributed by atoms with Crippen LogP contribution in [0.3, 0.4) is 0 Å². The molecule has 1 aromatic carbocycles. The van der Waals surface area contributed by atoms with Crippen molar-refractivity contribution in [2.75, 3.05) is 5.73 Å². The van der Waals surface area contributed by atoms with Crippen molar-refractivity contribution in [1.29, 1.82) is 0 Å². The van der Waals surface area contributed by atoms with Crippen LogP contribution in [0.15, 0.2) is 24.4 Å². The maximum absolute atomic E-state index is 5.86. The SMILES string of the molecule is Cc1ccc(C)c(Cn2cc(Cl)c(N)n2)c1. The predicted octanol–water partition coefficient (Wildman–Crippen LogP) is 2.78. The van der Waals surface area contributed by atoms with E-state index in [-0.39, 0.29) is 0 Å². The molecule has 84 valence electrons. The first-order chi connectivity index (χ1) is 7.56. The molecule has 0 amide bonds. The molecule has 0 aliphatic rings. The first-order valence-electron chi connectivity index (χ1n) is 5.11. The monoisotopic (exact) mass is 235 g/mol. The zero-order chi connectivity index (χ0) is 11.7. The van der Waals surface area contributed by atoms with E-state index in [1.165, 1.54) is 16.7 Å². The van der Waals surface area contributed by atoms with Crippen LogP contribution < -0.4 is 5.73 Å². The molecule has 0 radical (unpaired) electrons. The van der Waals surface area contributed by atoms with Crippen LogP contribution >= 0.6 is 11.6 Å². The van der Waals surface area contributed by atoms with E-state index in [0.29, 0.717) is 17.4 Å². The average molecular weight is 236 g/mol. The number of halogens is 1. The van der Waals surface area contributed by atoms with E-state index in [1.807, 2.05) is 0 Å². The Hall–Kier alpha value is -1.48. The first kappa shape index (κ1) is 11.0. The van der Waals surface area contributed by atoms with Crippen LogP contribution in [0.5, 0.6) is 0 Å². The van der Waals surface area contributed by atoms with Crippen LogP contribution in [-0.2, 0) is 6.54 Å². The molecule has 0 aliphatic carbocycles. The number of nitrogens with two attached hydrogens (primary N) is 1. The average Bonchev–Trinajstić information content (AvgIpc) is 2.52. The third kappa shape index (κ3) is 2.19. The van der Waals surface area contributed by atoms with Gasteiger partial charge < -0.3 is 5.73 Å². The molecule has 0 atom stereocenters. The fourth-order valence-corrected chi connectivity index (χ4v) is 1.79. The van der Waals surface area contributed by atoms with E-state index >= 15 is 0 Å². The molecule has 0 bridgehead atoms. The van der Waals surface area contributed by atoms with Gasteiger partial charge in [-0.15, -0.1) is 0 Å². The van der Waals surface area contributed by atoms with Gasteiger partial charge >= 0.3 is 0 Å². The lowest BCUT2D eigenvalue weighted by Crippen LogP contribution is -2.03. The van der Waals surface area contributed by atoms with Crippen molar-refractivity contribution >= 4 is 17.4 Å². The summed E-state index contributed by atoms with van der Waals surface area (Å²) < 4.78 is 1.76. The van der Waals surface area contributed by atoms with E-state index in [1.54, 1.807) is 10.9 Å². The predicted molar refractivity (Wildman–Crippen MR) is 66.7 cm³/mol. The Bertz CT molecular complexity index is 497. The van der Waals surface area contributed by atoms with Crippen LogP contribution in [0.25, 0.3) is 0 Å². The summed E-state index contributed by atoms with van der Waals surface area (Å²) in [4.78, 5) is 0. The highest BCUT2D eigenvalue weighted by Gasteiger charge is 2.05. The summed E-state index contributed by atoms with van der Waals surface area (Å²) in [6, 6.07) is 6.36. The number of benzene rings is 1. The second kappa shape index (κ2) is 4.18. The number of hydrogen-bond acceptors (Lipinski definition) is 2. The molecule has 0 saturated carbocycles. The quantitative estimate of drug-likeness (QED) is 0.870. The van der Waals surface area contributed by atoms with Crippen molar-refractivity contribution < 1.29 is 0 Å². The Morgan fingerprint density at radius 3 is 2.75 bits per heavy atom. The maximum Gasteiger partial charge on any atom is 0.164 e. The first-order valence-corrected chi connectivity index (χ1v) is 5.48. The van der Waals surface area contributed by atoms with Crippen LogP contribution in [0.1, 0.15) is 16.7 Å². The van der Waals surface area contributed by atoms with Gasteiger partial charge in [0.25, 0.3) is 0 Å². The highest BCUT2D eigenvalue weighted by atomic mass is 35.5. The van der Waals surface area contributed by atoms with Crippen LogP contribution in [0.4, 0.5) is 5.82 Å². The van der Waals surface area contributed by atoms with Crippen molar-refractivity contribution in [2.45, 2.75) is 20.4 Å². The molecule has 2 N–H and O–H groups in total. The summed E-state index contributed by atoms with van der Waals surface area (Å²) in [6.07, 6.45) is 1.75. The largest absolute Gasteiger partial charge is 0.381 e. The van der Waals surface area contributed by atoms with Crippen molar-refractivity contribution in [2.24, 2.45) is 0 Å². The van der Waals surface area contributed by atoms with Crippen molar-refractivity contribution in [3.05, 3.63) is 46.1 Å². The van der Waals surface area contributed by atoms with Crippen LogP contribution in [0, 0.1) is 13.8 Å². The fourth-order valence-electron chi connectivity index (χ4n) is 1.64. The number of rotatable bonds is 2. The van der Waals surface area contributed by atoms with Gasteiger partial charge in [-0.05, 0) is 25.0 Å². The Morgan fingerprint density at radius 1 is 1.38 bits per heavy atom. The van der Waals surface area contributed by atoms with Crippen molar-refractivity contribution in [1.82, 2.24) is 9.78 Å². The third-order valence-corrected chi connectivity index (χ3v) is 2.87. The molecule has 1 heterocycles. The lowest BCUT2D eigenvalue weighted by molar-refractivity contribution is 0.687. The van der Waals surface area contributed by atoms with Crippen LogP contribution in [-0.4, -0.2) is 9.78 Å². The lowest BCUT2D eigenvalue weighted by atomic mass is 10.1. The van der Waals surface area contributed by atoms with Gasteiger partial charge in [-0.3, -0.25) is 4.68 Å². The van der Waals surface area contributed by atoms with Gasteiger partial charge in [0, 0.05) is 6.20 Å². The van der Waals surface area contributed by atoms with E-state index < -0.39 is 0 Å². The van der Waals surface area contributed by atoms with Crippen LogP contribution in [0.2, 0.25) is 5.02 Å². The smallest absolute Gasteiger partial charge is 0.164 e. The molecular weight excluding hydrogens is 222 g/mol. The summed E-state index contributed by atoms with van der Waals surface area (Å²) in [5, 5.41) is 4.64. The molecule has 1 aromatic heterocycles. The third-order valence-electron chi connectivity index (χ3n) is 2.58. The van der Waals surface area contributed by atoms with Gasteiger partial charge in [0.15, 0.2) is 5.82 Å². The molecule has 3 nitrogen and oxygen atoms in total. The van der Waals surface area contributed by atoms with E-state index in [2.05, 4.69) is 37.1 Å². The number of nitrogen functional groups attached to an aromatic ring is 1. The standard InChI is InChI=1S/C12H14ClN3/c1-8-3-4-9(2)10(5-8)6-16-7-11(13)12(14)15-16/h3-5,7H,6H2,1-2H3,(H2,14,15). The Kier molecular flexibility index (Phi) is 2.88. The van der Waals surface area contributed by atoms with Gasteiger partial charge in [0.1, 0.15) is 5.02 Å². The zero-order valence-corrected chi connectivity index (χ0v) is 10.1. The second-order valence-electron chi connectivity index (χ2n) is 3.99. The lowest BCUT2D eigenvalue weighted by Gasteiger charge is -2.06. The number of aryl methyl sites for hydroxylation is 2. The normalized spacial score (nSPS) is 10.7. The summed E-state index contributed by atoms with van der Waals surface area (Å²) in [7, 11) is 0. The molecule has 0 fully saturated rings. The van der Waals surface area contributed by atoms with Crippen molar-refractivity contribution in [3.63, 3.8) is 0 Å². The van der Waals surface area contributed by atoms with Gasteiger partial charge in [-0.1, -0.05) is 35.4 Å². The molecular formula is C12H14ClN3. The van der Waals surface area contributed by atoms with E-state index in [9.17, 15) is 0 Å². The minimum absolute atomic E-state index is 0.381. The Labute approximate surface area is 99.8 Å². The molecule has 0 aliphatic heterocycles. The minimum Gasteiger partial charge on any atom is -0.381 e. The number of hydrogen-bond donors (Lipinski definition) is 1. The summed E-state index contributed by atoms with van der Waals surface area (Å²) in [6.45, 7) is 4.86. The highest BCUT2D eigenvalue weighted by Crippen LogP contribution is 2.17. The van der Waals surface area contributed by atoms with Gasteiger partial charge in [-0.25, -0.2) is 0 Å². The molecule has 2 rings (SSSR count). The summed E-state index contributed by atoms with van der Waals surface area (Å²) >= 11 is 5.86. The van der Waals surface area contributed by atoms with Gasteiger partial charge in [0.2, 0.25) is 0 Å². The summed E-state index contributed by atoms with van der Waals surface area (Å²) in [5.74, 6) is 0.381. The molecule has 16 heavy (non-hydrogen) atoms. The van der Waals surface area contributed by atoms with E-state index in [0.717, 1.165) is 0 Å². The molecule has 0 unspecified atom stereocenters. The number of anilines is 1. The Morgan fingerprint density at radius 2 is 2.12 bits per heavy atom. The molecule has 0 saturated heterocycles. The second-order valence-corrected chi connectivity index (χ2v) is 4.40. The maximum atomic E-state index is 5.86. The molecule has 2 aromatic rings. The molecule has 0 spiro atoms. The topological polar surface area (TPSA) is 43.8 Å². The van der Waals surface area contributed by atoms with Crippen molar-refractivity contribution in [3.8, 4) is 0 Å². The fraction of sp³-hybridized carbons (Fsp3) is 0.250. The highest BCUT2D eigenvalue weighted by molar-refractivity contribution is 6.32. The zero-order valence-electron chi connectivity index (χ0n) is 9.37. The molecule has 4 heteroatoms. The van der Waals surface area contributed by atoms with Gasteiger partial charge in [-0.2, -0.15) is 5.10 Å². The number of nitrogens with zero attached hydrogens (tertiary/aromatic N) is 2. The number of aromatic nitrogens is 2. The Balaban J connectivity index is 2.29.